The summed E-state index contributed by atoms with van der Waals surface area (Å²) in [6.07, 6.45) is 8.81. The summed E-state index contributed by atoms with van der Waals surface area (Å²) < 4.78 is 5.43. The molecule has 1 fully saturated rings. The number of carbonyl (C=O) groups excluding carboxylic acids is 1. The molecule has 0 radical (unpaired) electrons. The van der Waals surface area contributed by atoms with Crippen molar-refractivity contribution in [3.63, 3.8) is 0 Å². The zero-order valence-corrected chi connectivity index (χ0v) is 15.6. The smallest absolute Gasteiger partial charge is 0.263 e. The molecule has 8 heteroatoms. The van der Waals surface area contributed by atoms with Crippen LogP contribution in [0.15, 0.2) is 29.0 Å². The standard InChI is InChI=1S/C19H19N5O2S/c25-19(15-10-12-4-1-2-5-14(12)27-15)24-9-6-13(11-24)18-22-17(23-26-18)16-20-7-3-8-21-16/h3,7-8,10,13H,1-2,4-6,9,11H2/t13-/m0/s1. The maximum absolute atomic E-state index is 12.9. The van der Waals surface area contributed by atoms with Gasteiger partial charge in [-0.2, -0.15) is 4.98 Å². The van der Waals surface area contributed by atoms with Gasteiger partial charge in [0, 0.05) is 30.4 Å². The molecule has 5 rings (SSSR count). The van der Waals surface area contributed by atoms with Crippen molar-refractivity contribution in [1.82, 2.24) is 25.0 Å². The van der Waals surface area contributed by atoms with Gasteiger partial charge in [-0.15, -0.1) is 11.3 Å². The summed E-state index contributed by atoms with van der Waals surface area (Å²) in [6.45, 7) is 1.32. The molecule has 1 aliphatic heterocycles. The number of amides is 1. The predicted molar refractivity (Wildman–Crippen MR) is 99.5 cm³/mol. The number of fused-ring (bicyclic) bond motifs is 1. The second kappa shape index (κ2) is 6.84. The second-order valence-corrected chi connectivity index (χ2v) is 8.17. The van der Waals surface area contributed by atoms with Crippen molar-refractivity contribution in [3.05, 3.63) is 45.7 Å². The highest BCUT2D eigenvalue weighted by Crippen LogP contribution is 2.33. The van der Waals surface area contributed by atoms with Crippen LogP contribution < -0.4 is 0 Å². The minimum absolute atomic E-state index is 0.0634. The lowest BCUT2D eigenvalue weighted by Crippen LogP contribution is -2.27. The van der Waals surface area contributed by atoms with Gasteiger partial charge < -0.3 is 9.42 Å². The van der Waals surface area contributed by atoms with Crippen LogP contribution in [0, 0.1) is 0 Å². The van der Waals surface area contributed by atoms with E-state index in [0.717, 1.165) is 24.1 Å². The van der Waals surface area contributed by atoms with Gasteiger partial charge in [0.2, 0.25) is 17.5 Å². The Labute approximate surface area is 160 Å². The van der Waals surface area contributed by atoms with E-state index >= 15 is 0 Å². The third-order valence-electron chi connectivity index (χ3n) is 5.24. The number of carbonyl (C=O) groups is 1. The number of rotatable bonds is 3. The molecule has 0 N–H and O–H groups in total. The van der Waals surface area contributed by atoms with Crippen molar-refractivity contribution < 1.29 is 9.32 Å². The summed E-state index contributed by atoms with van der Waals surface area (Å²) in [6, 6.07) is 3.85. The van der Waals surface area contributed by atoms with Gasteiger partial charge in [0.15, 0.2) is 0 Å². The summed E-state index contributed by atoms with van der Waals surface area (Å²) in [5.74, 6) is 1.58. The van der Waals surface area contributed by atoms with Gasteiger partial charge in [-0.05, 0) is 49.8 Å². The summed E-state index contributed by atoms with van der Waals surface area (Å²) >= 11 is 1.67. The Kier molecular flexibility index (Phi) is 4.20. The third-order valence-corrected chi connectivity index (χ3v) is 6.46. The quantitative estimate of drug-likeness (QED) is 0.693. The molecular formula is C19H19N5O2S. The molecule has 2 aliphatic rings. The lowest BCUT2D eigenvalue weighted by molar-refractivity contribution is 0.0794. The topological polar surface area (TPSA) is 85.0 Å². The van der Waals surface area contributed by atoms with E-state index in [1.807, 2.05) is 4.90 Å². The highest BCUT2D eigenvalue weighted by molar-refractivity contribution is 7.14. The molecule has 3 aromatic heterocycles. The number of thiophene rings is 1. The molecule has 1 atom stereocenters. The monoisotopic (exact) mass is 381 g/mol. The Bertz CT molecular complexity index is 944. The van der Waals surface area contributed by atoms with Crippen molar-refractivity contribution in [2.75, 3.05) is 13.1 Å². The zero-order chi connectivity index (χ0) is 18.2. The van der Waals surface area contributed by atoms with Crippen LogP contribution in [0.25, 0.3) is 11.6 Å². The SMILES string of the molecule is O=C(c1cc2c(s1)CCCC2)N1CC[C@H](c2nc(-c3ncccn3)no2)C1. The van der Waals surface area contributed by atoms with E-state index in [1.165, 1.54) is 23.3 Å². The average Bonchev–Trinajstić information content (AvgIpc) is 3.46. The number of hydrogen-bond acceptors (Lipinski definition) is 7. The predicted octanol–water partition coefficient (Wildman–Crippen LogP) is 3.10. The fourth-order valence-electron chi connectivity index (χ4n) is 3.80. The first-order valence-electron chi connectivity index (χ1n) is 9.30. The van der Waals surface area contributed by atoms with Gasteiger partial charge in [0.25, 0.3) is 5.91 Å². The van der Waals surface area contributed by atoms with Crippen LogP contribution in [0.2, 0.25) is 0 Å². The molecule has 0 bridgehead atoms. The number of likely N-dealkylation sites (tertiary alicyclic amines) is 1. The fourth-order valence-corrected chi connectivity index (χ4v) is 5.03. The highest BCUT2D eigenvalue weighted by atomic mass is 32.1. The summed E-state index contributed by atoms with van der Waals surface area (Å²) in [5.41, 5.74) is 1.37. The van der Waals surface area contributed by atoms with Gasteiger partial charge in [-0.25, -0.2) is 9.97 Å². The molecule has 3 aromatic rings. The van der Waals surface area contributed by atoms with E-state index in [2.05, 4.69) is 26.2 Å². The van der Waals surface area contributed by atoms with Crippen molar-refractivity contribution in [1.29, 1.82) is 0 Å². The molecule has 138 valence electrons. The second-order valence-electron chi connectivity index (χ2n) is 7.03. The first-order valence-corrected chi connectivity index (χ1v) is 10.1. The minimum atomic E-state index is 0.0634. The molecule has 7 nitrogen and oxygen atoms in total. The van der Waals surface area contributed by atoms with Gasteiger partial charge in [-0.1, -0.05) is 5.16 Å². The number of hydrogen-bond donors (Lipinski definition) is 0. The van der Waals surface area contributed by atoms with Gasteiger partial charge >= 0.3 is 0 Å². The van der Waals surface area contributed by atoms with Crippen molar-refractivity contribution in [2.24, 2.45) is 0 Å². The van der Waals surface area contributed by atoms with Crippen LogP contribution in [-0.4, -0.2) is 44.0 Å². The van der Waals surface area contributed by atoms with Crippen LogP contribution in [0.5, 0.6) is 0 Å². The van der Waals surface area contributed by atoms with Crippen LogP contribution >= 0.6 is 11.3 Å². The van der Waals surface area contributed by atoms with E-state index in [-0.39, 0.29) is 11.8 Å². The molecule has 27 heavy (non-hydrogen) atoms. The third kappa shape index (κ3) is 3.14. The van der Waals surface area contributed by atoms with Gasteiger partial charge in [0.1, 0.15) is 0 Å². The number of aromatic nitrogens is 4. The summed E-state index contributed by atoms with van der Waals surface area (Å²) in [7, 11) is 0. The van der Waals surface area contributed by atoms with Crippen LogP contribution in [0.4, 0.5) is 0 Å². The van der Waals surface area contributed by atoms with E-state index in [4.69, 9.17) is 4.52 Å². The lowest BCUT2D eigenvalue weighted by atomic mass is 9.99. The first-order chi connectivity index (χ1) is 13.3. The maximum atomic E-state index is 12.9. The van der Waals surface area contributed by atoms with E-state index in [9.17, 15) is 4.79 Å². The molecule has 1 aliphatic carbocycles. The van der Waals surface area contributed by atoms with E-state index in [0.29, 0.717) is 30.6 Å². The fraction of sp³-hybridized carbons (Fsp3) is 0.421. The molecule has 1 saturated heterocycles. The number of nitrogens with zero attached hydrogens (tertiary/aromatic N) is 5. The van der Waals surface area contributed by atoms with E-state index in [1.54, 1.807) is 29.8 Å². The Morgan fingerprint density at radius 3 is 2.89 bits per heavy atom. The Morgan fingerprint density at radius 1 is 1.19 bits per heavy atom. The summed E-state index contributed by atoms with van der Waals surface area (Å²) in [4.78, 5) is 29.8. The molecular weight excluding hydrogens is 362 g/mol. The van der Waals surface area contributed by atoms with Crippen molar-refractivity contribution >= 4 is 17.2 Å². The minimum Gasteiger partial charge on any atom is -0.338 e. The van der Waals surface area contributed by atoms with Crippen LogP contribution in [0.1, 0.15) is 51.2 Å². The normalized spacial score (nSPS) is 19.3. The largest absolute Gasteiger partial charge is 0.338 e. The van der Waals surface area contributed by atoms with Crippen LogP contribution in [0.3, 0.4) is 0 Å². The van der Waals surface area contributed by atoms with Crippen molar-refractivity contribution in [2.45, 2.75) is 38.0 Å². The average molecular weight is 381 g/mol. The Morgan fingerprint density at radius 2 is 2.04 bits per heavy atom. The molecule has 0 aromatic carbocycles. The highest BCUT2D eigenvalue weighted by Gasteiger charge is 2.33. The zero-order valence-electron chi connectivity index (χ0n) is 14.8. The van der Waals surface area contributed by atoms with Gasteiger partial charge in [-0.3, -0.25) is 4.79 Å². The Balaban J connectivity index is 1.29. The molecule has 0 saturated carbocycles. The van der Waals surface area contributed by atoms with E-state index < -0.39 is 0 Å². The summed E-state index contributed by atoms with van der Waals surface area (Å²) in [5, 5.41) is 3.99. The molecule has 0 unspecified atom stereocenters. The maximum Gasteiger partial charge on any atom is 0.263 e. The first kappa shape index (κ1) is 16.6. The molecule has 1 amide bonds. The lowest BCUT2D eigenvalue weighted by Gasteiger charge is -2.14. The molecule has 0 spiro atoms. The number of aryl methyl sites for hydroxylation is 2. The Hall–Kier alpha value is -2.61. The van der Waals surface area contributed by atoms with Crippen LogP contribution in [-0.2, 0) is 12.8 Å². The molecule has 4 heterocycles. The van der Waals surface area contributed by atoms with Crippen molar-refractivity contribution in [3.8, 4) is 11.6 Å². The van der Waals surface area contributed by atoms with Gasteiger partial charge in [0.05, 0.1) is 10.8 Å².